The molecule has 0 aromatic heterocycles. The molecule has 0 saturated carbocycles. The molecule has 2 rings (SSSR count). The maximum absolute atomic E-state index is 12.1. The SMILES string of the molecule is FC(F)C(F)(F)F.O=C1C2CC=CCC2C(=O)N1SC(Cl)(Cl)C(Cl)Cl. The number of hydrogen-bond donors (Lipinski definition) is 0. The zero-order chi connectivity index (χ0) is 19.6. The summed E-state index contributed by atoms with van der Waals surface area (Å²) in [5.41, 5.74) is 0. The Morgan fingerprint density at radius 3 is 1.68 bits per heavy atom. The number of hydrogen-bond acceptors (Lipinski definition) is 3. The first-order valence-corrected chi connectivity index (χ1v) is 8.92. The first-order chi connectivity index (χ1) is 11.3. The third-order valence-corrected chi connectivity index (χ3v) is 6.41. The average molecular weight is 469 g/mol. The molecular formula is C12H10Cl4F5NO2S. The summed E-state index contributed by atoms with van der Waals surface area (Å²) in [4.78, 5) is 23.1. The van der Waals surface area contributed by atoms with E-state index < -0.39 is 21.1 Å². The van der Waals surface area contributed by atoms with Crippen LogP contribution in [0.15, 0.2) is 12.2 Å². The molecule has 0 N–H and O–H groups in total. The van der Waals surface area contributed by atoms with Crippen LogP contribution in [-0.4, -0.2) is 37.2 Å². The van der Waals surface area contributed by atoms with E-state index in [9.17, 15) is 31.5 Å². The van der Waals surface area contributed by atoms with Crippen LogP contribution < -0.4 is 0 Å². The van der Waals surface area contributed by atoms with Crippen molar-refractivity contribution in [3.8, 4) is 0 Å². The molecular weight excluding hydrogens is 459 g/mol. The summed E-state index contributed by atoms with van der Waals surface area (Å²) in [7, 11) is 0. The summed E-state index contributed by atoms with van der Waals surface area (Å²) >= 11 is 23.7. The van der Waals surface area contributed by atoms with Gasteiger partial charge in [0.25, 0.3) is 0 Å². The molecule has 2 unspecified atom stereocenters. The fraction of sp³-hybridized carbons (Fsp3) is 0.667. The lowest BCUT2D eigenvalue weighted by molar-refractivity contribution is -0.219. The number of halogens is 9. The van der Waals surface area contributed by atoms with Crippen LogP contribution in [0, 0.1) is 11.8 Å². The minimum atomic E-state index is -5.33. The first kappa shape index (κ1) is 23.1. The Labute approximate surface area is 163 Å². The molecule has 144 valence electrons. The molecule has 25 heavy (non-hydrogen) atoms. The highest BCUT2D eigenvalue weighted by Crippen LogP contribution is 2.48. The van der Waals surface area contributed by atoms with Crippen molar-refractivity contribution in [3.05, 3.63) is 12.2 Å². The van der Waals surface area contributed by atoms with Crippen LogP contribution in [0.1, 0.15) is 12.8 Å². The third kappa shape index (κ3) is 6.02. The van der Waals surface area contributed by atoms with Gasteiger partial charge in [-0.25, -0.2) is 13.1 Å². The van der Waals surface area contributed by atoms with Gasteiger partial charge >= 0.3 is 12.6 Å². The number of rotatable bonds is 3. The van der Waals surface area contributed by atoms with E-state index in [1.807, 2.05) is 12.2 Å². The van der Waals surface area contributed by atoms with Gasteiger partial charge in [0, 0.05) is 11.9 Å². The number of nitrogens with zero attached hydrogens (tertiary/aromatic N) is 1. The molecule has 2 aliphatic rings. The van der Waals surface area contributed by atoms with E-state index in [0.717, 1.165) is 4.31 Å². The van der Waals surface area contributed by atoms with Crippen molar-refractivity contribution in [1.82, 2.24) is 4.31 Å². The van der Waals surface area contributed by atoms with Crippen LogP contribution in [0.2, 0.25) is 0 Å². The first-order valence-electron chi connectivity index (χ1n) is 6.51. The molecule has 0 aromatic rings. The smallest absolute Gasteiger partial charge is 0.273 e. The van der Waals surface area contributed by atoms with Crippen molar-refractivity contribution in [3.63, 3.8) is 0 Å². The minimum Gasteiger partial charge on any atom is -0.273 e. The lowest BCUT2D eigenvalue weighted by Gasteiger charge is -2.24. The number of allylic oxidation sites excluding steroid dienone is 2. The van der Waals surface area contributed by atoms with Gasteiger partial charge in [0.15, 0.2) is 4.84 Å². The topological polar surface area (TPSA) is 37.4 Å². The molecule has 1 aliphatic carbocycles. The van der Waals surface area contributed by atoms with E-state index in [0.29, 0.717) is 24.8 Å². The van der Waals surface area contributed by atoms with Crippen LogP contribution in [-0.2, 0) is 9.59 Å². The van der Waals surface area contributed by atoms with E-state index in [1.165, 1.54) is 0 Å². The van der Waals surface area contributed by atoms with Gasteiger partial charge in [-0.05, 0) is 12.8 Å². The number of fused-ring (bicyclic) bond motifs is 1. The minimum absolute atomic E-state index is 0.279. The normalized spacial score (nSPS) is 23.9. The van der Waals surface area contributed by atoms with Gasteiger partial charge in [0.2, 0.25) is 15.5 Å². The molecule has 0 spiro atoms. The highest BCUT2D eigenvalue weighted by Gasteiger charge is 2.51. The number of carbonyl (C=O) groups is 2. The standard InChI is InChI=1S/C10H9Cl4NO2S.C2HF5/c11-9(12)10(13,14)18-15-7(16)5-3-1-2-4-6(5)8(15)17;3-1(4)2(5,6)7/h1-2,5-6,9H,3-4H2;1H. The Morgan fingerprint density at radius 1 is 1.04 bits per heavy atom. The van der Waals surface area contributed by atoms with Crippen molar-refractivity contribution >= 4 is 70.2 Å². The second-order valence-corrected chi connectivity index (χ2v) is 9.04. The number of amides is 2. The van der Waals surface area contributed by atoms with E-state index in [-0.39, 0.29) is 23.7 Å². The second kappa shape index (κ2) is 8.82. The van der Waals surface area contributed by atoms with Crippen molar-refractivity contribution in [2.75, 3.05) is 0 Å². The van der Waals surface area contributed by atoms with Crippen LogP contribution >= 0.6 is 58.4 Å². The number of alkyl halides is 9. The molecule has 1 heterocycles. The maximum Gasteiger partial charge on any atom is 0.450 e. The van der Waals surface area contributed by atoms with Gasteiger partial charge in [-0.2, -0.15) is 13.2 Å². The Morgan fingerprint density at radius 2 is 1.40 bits per heavy atom. The summed E-state index contributed by atoms with van der Waals surface area (Å²) in [6, 6.07) is 0. The largest absolute Gasteiger partial charge is 0.450 e. The third-order valence-electron chi connectivity index (χ3n) is 3.18. The molecule has 0 bridgehead atoms. The second-order valence-electron chi connectivity index (χ2n) is 4.92. The molecule has 3 nitrogen and oxygen atoms in total. The summed E-state index contributed by atoms with van der Waals surface area (Å²) < 4.78 is 51.5. The van der Waals surface area contributed by atoms with Gasteiger partial charge < -0.3 is 0 Å². The van der Waals surface area contributed by atoms with E-state index in [4.69, 9.17) is 46.4 Å². The van der Waals surface area contributed by atoms with E-state index in [2.05, 4.69) is 0 Å². The summed E-state index contributed by atoms with van der Waals surface area (Å²) in [5, 5.41) is 0. The summed E-state index contributed by atoms with van der Waals surface area (Å²) in [6.07, 6.45) is -4.60. The van der Waals surface area contributed by atoms with Crippen LogP contribution in [0.3, 0.4) is 0 Å². The highest BCUT2D eigenvalue weighted by atomic mass is 35.5. The molecule has 1 aliphatic heterocycles. The van der Waals surface area contributed by atoms with Crippen molar-refractivity contribution < 1.29 is 31.5 Å². The lowest BCUT2D eigenvalue weighted by atomic mass is 9.85. The molecule has 1 fully saturated rings. The average Bonchev–Trinajstić information content (AvgIpc) is 2.72. The van der Waals surface area contributed by atoms with Gasteiger partial charge in [-0.1, -0.05) is 35.4 Å². The molecule has 1 saturated heterocycles. The van der Waals surface area contributed by atoms with Crippen molar-refractivity contribution in [2.24, 2.45) is 11.8 Å². The van der Waals surface area contributed by atoms with Crippen molar-refractivity contribution in [2.45, 2.75) is 33.9 Å². The van der Waals surface area contributed by atoms with Gasteiger partial charge in [-0.15, -0.1) is 23.2 Å². The van der Waals surface area contributed by atoms with Crippen LogP contribution in [0.5, 0.6) is 0 Å². The summed E-state index contributed by atoms with van der Waals surface area (Å²) in [5.74, 6) is -1.19. The molecule has 0 radical (unpaired) electrons. The Hall–Kier alpha value is 0.0400. The van der Waals surface area contributed by atoms with Gasteiger partial charge in [0.1, 0.15) is 0 Å². The maximum atomic E-state index is 12.1. The predicted octanol–water partition coefficient (Wildman–Crippen LogP) is 5.33. The van der Waals surface area contributed by atoms with Crippen LogP contribution in [0.25, 0.3) is 0 Å². The Bertz CT molecular complexity index is 518. The van der Waals surface area contributed by atoms with E-state index >= 15 is 0 Å². The lowest BCUT2D eigenvalue weighted by Crippen LogP contribution is -2.31. The highest BCUT2D eigenvalue weighted by molar-refractivity contribution is 8.02. The zero-order valence-corrected chi connectivity index (χ0v) is 15.8. The zero-order valence-electron chi connectivity index (χ0n) is 12.0. The van der Waals surface area contributed by atoms with Gasteiger partial charge in [0.05, 0.1) is 11.8 Å². The molecule has 0 aromatic carbocycles. The van der Waals surface area contributed by atoms with Crippen molar-refractivity contribution in [1.29, 1.82) is 0 Å². The quantitative estimate of drug-likeness (QED) is 0.184. The molecule has 2 amide bonds. The number of imide groups is 1. The Kier molecular flexibility index (Phi) is 8.14. The fourth-order valence-electron chi connectivity index (χ4n) is 2.02. The van der Waals surface area contributed by atoms with E-state index in [1.54, 1.807) is 0 Å². The molecule has 2 atom stereocenters. The monoisotopic (exact) mass is 467 g/mol. The van der Waals surface area contributed by atoms with Gasteiger partial charge in [-0.3, -0.25) is 9.59 Å². The Balaban J connectivity index is 0.000000381. The van der Waals surface area contributed by atoms with Crippen LogP contribution in [0.4, 0.5) is 22.0 Å². The number of carbonyl (C=O) groups excluding carboxylic acids is 2. The predicted molar refractivity (Wildman–Crippen MR) is 86.8 cm³/mol. The fourth-order valence-corrected chi connectivity index (χ4v) is 3.45. The molecule has 13 heteroatoms. The summed E-state index contributed by atoms with van der Waals surface area (Å²) in [6.45, 7) is 0.